The molecule has 1 fully saturated rings. The molecule has 3 N–H and O–H groups in total. The van der Waals surface area contributed by atoms with Gasteiger partial charge in [0.25, 0.3) is 5.91 Å². The van der Waals surface area contributed by atoms with E-state index in [1.165, 1.54) is 6.92 Å². The number of Topliss-reactive ketones (excluding diaryl/α,β-unsaturated/α-hetero) is 1. The lowest BCUT2D eigenvalue weighted by atomic mass is 9.82. The number of aliphatic hydroxyl groups is 2. The molecule has 1 aromatic heterocycles. The maximum atomic E-state index is 14.0. The molecule has 0 bridgehead atoms. The normalized spacial score (nSPS) is 22.9. The van der Waals surface area contributed by atoms with Gasteiger partial charge in [-0.1, -0.05) is 85.7 Å². The van der Waals surface area contributed by atoms with Crippen LogP contribution in [0.2, 0.25) is 16.6 Å². The Morgan fingerprint density at radius 1 is 1.05 bits per heavy atom. The van der Waals surface area contributed by atoms with Crippen molar-refractivity contribution in [2.24, 2.45) is 5.92 Å². The SMILES string of the molecule is CCc1ccc(C(O)C(C)C(=O)[C@]2(O)C(=O)N/C(=C\c3ccccc3)[C@@H]2O[Si](C(C)C)(C(C)C)C(C)C)o1. The topological polar surface area (TPSA) is 109 Å². The van der Waals surface area contributed by atoms with Crippen molar-refractivity contribution >= 4 is 26.1 Å². The van der Waals surface area contributed by atoms with E-state index in [-0.39, 0.29) is 22.4 Å². The Morgan fingerprint density at radius 3 is 2.13 bits per heavy atom. The molecule has 1 aliphatic heterocycles. The second-order valence-corrected chi connectivity index (χ2v) is 16.7. The molecule has 208 valence electrons. The first-order valence-corrected chi connectivity index (χ1v) is 15.7. The zero-order chi connectivity index (χ0) is 28.4. The fourth-order valence-corrected chi connectivity index (χ4v) is 11.5. The third-order valence-electron chi connectivity index (χ3n) is 8.00. The highest BCUT2D eigenvalue weighted by Gasteiger charge is 2.62. The first-order valence-electron chi connectivity index (χ1n) is 13.6. The van der Waals surface area contributed by atoms with Crippen molar-refractivity contribution < 1.29 is 28.6 Å². The Balaban J connectivity index is 2.12. The molecule has 1 saturated heterocycles. The zero-order valence-corrected chi connectivity index (χ0v) is 24.8. The summed E-state index contributed by atoms with van der Waals surface area (Å²) in [7, 11) is -2.67. The molecular formula is C30H43NO6Si. The van der Waals surface area contributed by atoms with Crippen molar-refractivity contribution in [3.05, 3.63) is 65.2 Å². The number of rotatable bonds is 11. The van der Waals surface area contributed by atoms with Crippen molar-refractivity contribution in [1.29, 1.82) is 0 Å². The number of carbonyl (C=O) groups excluding carboxylic acids is 2. The van der Waals surface area contributed by atoms with Crippen LogP contribution in [0.15, 0.2) is 52.6 Å². The standard InChI is InChI=1S/C30H43NO6Si/c1-9-23-15-16-25(36-23)26(32)21(8)27(33)30(35)28(37-38(18(2)3,19(4)5)20(6)7)24(31-29(30)34)17-22-13-11-10-12-14-22/h10-21,26,28,32,35H,9H2,1-8H3,(H,31,34)/b24-17-/t21?,26?,28-,30+/m0/s1. The molecule has 1 aliphatic rings. The fourth-order valence-electron chi connectivity index (χ4n) is 5.96. The Kier molecular flexibility index (Phi) is 9.24. The average molecular weight is 542 g/mol. The van der Waals surface area contributed by atoms with Gasteiger partial charge in [-0.2, -0.15) is 0 Å². The van der Waals surface area contributed by atoms with Crippen LogP contribution in [0.4, 0.5) is 0 Å². The van der Waals surface area contributed by atoms with Crippen molar-refractivity contribution in [3.63, 3.8) is 0 Å². The summed E-state index contributed by atoms with van der Waals surface area (Å²) in [5, 5.41) is 25.8. The number of aryl methyl sites for hydroxylation is 1. The maximum absolute atomic E-state index is 14.0. The highest BCUT2D eigenvalue weighted by Crippen LogP contribution is 2.46. The molecule has 0 radical (unpaired) electrons. The van der Waals surface area contributed by atoms with Gasteiger partial charge in [0.15, 0.2) is 5.78 Å². The Bertz CT molecular complexity index is 1130. The molecule has 8 heteroatoms. The number of amides is 1. The van der Waals surface area contributed by atoms with Gasteiger partial charge < -0.3 is 24.4 Å². The van der Waals surface area contributed by atoms with E-state index in [2.05, 4.69) is 46.9 Å². The molecule has 2 heterocycles. The predicted molar refractivity (Wildman–Crippen MR) is 151 cm³/mol. The summed E-state index contributed by atoms with van der Waals surface area (Å²) in [6.07, 6.45) is -0.185. The lowest BCUT2D eigenvalue weighted by Gasteiger charge is -2.45. The van der Waals surface area contributed by atoms with Crippen LogP contribution in [0.25, 0.3) is 6.08 Å². The lowest BCUT2D eigenvalue weighted by Crippen LogP contribution is -2.60. The van der Waals surface area contributed by atoms with E-state index in [9.17, 15) is 19.8 Å². The number of nitrogens with one attached hydrogen (secondary N) is 1. The van der Waals surface area contributed by atoms with Crippen molar-refractivity contribution in [1.82, 2.24) is 5.32 Å². The second kappa shape index (κ2) is 11.7. The molecule has 2 unspecified atom stereocenters. The van der Waals surface area contributed by atoms with Crippen molar-refractivity contribution in [2.75, 3.05) is 0 Å². The van der Waals surface area contributed by atoms with Gasteiger partial charge in [-0.15, -0.1) is 0 Å². The Morgan fingerprint density at radius 2 is 1.63 bits per heavy atom. The van der Waals surface area contributed by atoms with Crippen molar-refractivity contribution in [2.45, 2.75) is 96.2 Å². The molecular weight excluding hydrogens is 498 g/mol. The minimum absolute atomic E-state index is 0.147. The van der Waals surface area contributed by atoms with Crippen LogP contribution in [-0.2, 0) is 20.4 Å². The first-order chi connectivity index (χ1) is 17.8. The summed E-state index contributed by atoms with van der Waals surface area (Å²) in [5.41, 5.74) is -0.936. The van der Waals surface area contributed by atoms with Crippen LogP contribution < -0.4 is 5.32 Å². The van der Waals surface area contributed by atoms with E-state index >= 15 is 0 Å². The smallest absolute Gasteiger partial charge is 0.267 e. The lowest BCUT2D eigenvalue weighted by molar-refractivity contribution is -0.160. The second-order valence-electron chi connectivity index (χ2n) is 11.3. The van der Waals surface area contributed by atoms with E-state index in [4.69, 9.17) is 8.84 Å². The van der Waals surface area contributed by atoms with Gasteiger partial charge in [0.05, 0.1) is 11.6 Å². The summed E-state index contributed by atoms with van der Waals surface area (Å²) in [6.45, 7) is 16.0. The Labute approximate surface area is 227 Å². The number of ketones is 1. The van der Waals surface area contributed by atoms with Gasteiger partial charge in [0.2, 0.25) is 13.9 Å². The Hall–Kier alpha value is -2.52. The van der Waals surface area contributed by atoms with Gasteiger partial charge in [0.1, 0.15) is 23.7 Å². The van der Waals surface area contributed by atoms with Crippen molar-refractivity contribution in [3.8, 4) is 0 Å². The van der Waals surface area contributed by atoms with E-state index in [0.717, 1.165) is 5.56 Å². The largest absolute Gasteiger partial charge is 0.463 e. The number of furan rings is 1. The van der Waals surface area contributed by atoms with Gasteiger partial charge in [-0.05, 0) is 40.4 Å². The minimum Gasteiger partial charge on any atom is -0.463 e. The van der Waals surface area contributed by atoms with Gasteiger partial charge in [-0.25, -0.2) is 0 Å². The number of carbonyl (C=O) groups is 2. The summed E-state index contributed by atoms with van der Waals surface area (Å²) in [4.78, 5) is 27.4. The number of hydrogen-bond donors (Lipinski definition) is 3. The maximum Gasteiger partial charge on any atom is 0.267 e. The third kappa shape index (κ3) is 5.32. The van der Waals surface area contributed by atoms with E-state index in [1.807, 2.05) is 37.3 Å². The number of benzene rings is 1. The molecule has 7 nitrogen and oxygen atoms in total. The molecule has 38 heavy (non-hydrogen) atoms. The van der Waals surface area contributed by atoms with Crippen LogP contribution in [0, 0.1) is 5.92 Å². The van der Waals surface area contributed by atoms with Crippen LogP contribution in [-0.4, -0.2) is 41.9 Å². The molecule has 3 rings (SSSR count). The van der Waals surface area contributed by atoms with Gasteiger partial charge in [-0.3, -0.25) is 9.59 Å². The number of aliphatic hydroxyl groups excluding tert-OH is 1. The first kappa shape index (κ1) is 30.0. The summed E-state index contributed by atoms with van der Waals surface area (Å²) in [5.74, 6) is -1.89. The summed E-state index contributed by atoms with van der Waals surface area (Å²) < 4.78 is 12.6. The van der Waals surface area contributed by atoms with Crippen LogP contribution in [0.3, 0.4) is 0 Å². The van der Waals surface area contributed by atoms with Gasteiger partial charge in [0, 0.05) is 6.42 Å². The molecule has 4 atom stereocenters. The summed E-state index contributed by atoms with van der Waals surface area (Å²) >= 11 is 0. The fraction of sp³-hybridized carbons (Fsp3) is 0.533. The van der Waals surface area contributed by atoms with Gasteiger partial charge >= 0.3 is 0 Å². The number of hydrogen-bond acceptors (Lipinski definition) is 6. The van der Waals surface area contributed by atoms with Crippen LogP contribution in [0.1, 0.15) is 78.6 Å². The molecule has 0 aliphatic carbocycles. The third-order valence-corrected chi connectivity index (χ3v) is 14.1. The van der Waals surface area contributed by atoms with E-state index in [0.29, 0.717) is 17.9 Å². The highest BCUT2D eigenvalue weighted by atomic mass is 28.4. The quantitative estimate of drug-likeness (QED) is 0.254. The van der Waals surface area contributed by atoms with E-state index < -0.39 is 43.7 Å². The monoisotopic (exact) mass is 541 g/mol. The predicted octanol–water partition coefficient (Wildman–Crippen LogP) is 5.54. The molecule has 0 saturated carbocycles. The van der Waals surface area contributed by atoms with Crippen LogP contribution >= 0.6 is 0 Å². The molecule has 1 aromatic carbocycles. The molecule has 0 spiro atoms. The molecule has 1 amide bonds. The zero-order valence-electron chi connectivity index (χ0n) is 23.8. The van der Waals surface area contributed by atoms with Crippen LogP contribution in [0.5, 0.6) is 0 Å². The average Bonchev–Trinajstić information content (AvgIpc) is 3.44. The highest BCUT2D eigenvalue weighted by molar-refractivity contribution is 6.77. The van der Waals surface area contributed by atoms with E-state index in [1.54, 1.807) is 18.2 Å². The minimum atomic E-state index is -2.67. The summed E-state index contributed by atoms with van der Waals surface area (Å²) in [6, 6.07) is 12.8. The molecule has 2 aromatic rings.